The van der Waals surface area contributed by atoms with Crippen molar-refractivity contribution >= 4 is 10.9 Å². The lowest BCUT2D eigenvalue weighted by molar-refractivity contribution is 0.190. The number of fused-ring (bicyclic) bond motifs is 1. The molecule has 1 aliphatic rings. The van der Waals surface area contributed by atoms with Crippen LogP contribution in [0.2, 0.25) is 0 Å². The van der Waals surface area contributed by atoms with Gasteiger partial charge in [0.2, 0.25) is 0 Å². The van der Waals surface area contributed by atoms with Gasteiger partial charge in [-0.1, -0.05) is 6.07 Å². The molecule has 0 spiro atoms. The molecule has 0 bridgehead atoms. The van der Waals surface area contributed by atoms with Gasteiger partial charge in [0.05, 0.1) is 23.2 Å². The first kappa shape index (κ1) is 10.6. The van der Waals surface area contributed by atoms with Crippen LogP contribution >= 0.6 is 0 Å². The largest absolute Gasteiger partial charge is 0.490 e. The van der Waals surface area contributed by atoms with Crippen molar-refractivity contribution in [2.75, 3.05) is 13.1 Å². The van der Waals surface area contributed by atoms with E-state index >= 15 is 0 Å². The van der Waals surface area contributed by atoms with Crippen molar-refractivity contribution in [2.45, 2.75) is 25.4 Å². The average molecular weight is 231 g/mol. The summed E-state index contributed by atoms with van der Waals surface area (Å²) in [5.74, 6) is 0.947. The van der Waals surface area contributed by atoms with E-state index in [4.69, 9.17) is 4.74 Å². The van der Waals surface area contributed by atoms with Crippen LogP contribution in [0.3, 0.4) is 0 Å². The van der Waals surface area contributed by atoms with Crippen molar-refractivity contribution in [3.8, 4) is 5.75 Å². The highest BCUT2D eigenvalue weighted by molar-refractivity contribution is 5.84. The molecule has 1 atom stereocenters. The number of rotatable bonds is 2. The van der Waals surface area contributed by atoms with E-state index in [2.05, 4.69) is 15.5 Å². The van der Waals surface area contributed by atoms with Crippen LogP contribution in [0, 0.1) is 0 Å². The minimum atomic E-state index is 0.325. The van der Waals surface area contributed by atoms with Crippen molar-refractivity contribution in [2.24, 2.45) is 0 Å². The molecule has 3 rings (SSSR count). The van der Waals surface area contributed by atoms with Gasteiger partial charge in [-0.2, -0.15) is 5.10 Å². The Labute approximate surface area is 100 Å². The van der Waals surface area contributed by atoms with Crippen LogP contribution in [0.15, 0.2) is 24.4 Å². The maximum atomic E-state index is 6.11. The lowest BCUT2D eigenvalue weighted by atomic mass is 10.1. The topological polar surface area (TPSA) is 49.9 Å². The molecular formula is C13H17N3O. The molecule has 0 saturated carbocycles. The standard InChI is InChI=1S/C13H17N3O/c1-4-12-11(9-15-16-12)13(5-1)17-10-3-2-7-14-8-6-10/h1,4-5,9-10,14H,2-3,6-8H2,(H,15,16). The van der Waals surface area contributed by atoms with Gasteiger partial charge in [0, 0.05) is 0 Å². The molecule has 1 saturated heterocycles. The van der Waals surface area contributed by atoms with E-state index in [0.717, 1.165) is 42.6 Å². The van der Waals surface area contributed by atoms with E-state index in [9.17, 15) is 0 Å². The van der Waals surface area contributed by atoms with Gasteiger partial charge in [0.1, 0.15) is 5.75 Å². The quantitative estimate of drug-likeness (QED) is 0.832. The molecule has 2 N–H and O–H groups in total. The molecule has 1 aromatic heterocycles. The van der Waals surface area contributed by atoms with Gasteiger partial charge in [0.15, 0.2) is 0 Å². The molecule has 1 unspecified atom stereocenters. The zero-order chi connectivity index (χ0) is 11.5. The summed E-state index contributed by atoms with van der Waals surface area (Å²) in [6.07, 6.45) is 5.55. The van der Waals surface area contributed by atoms with Crippen molar-refractivity contribution in [1.29, 1.82) is 0 Å². The van der Waals surface area contributed by atoms with Crippen LogP contribution in [0.5, 0.6) is 5.75 Å². The van der Waals surface area contributed by atoms with Gasteiger partial charge in [-0.15, -0.1) is 0 Å². The van der Waals surface area contributed by atoms with E-state index in [1.807, 2.05) is 24.4 Å². The molecule has 4 nitrogen and oxygen atoms in total. The highest BCUT2D eigenvalue weighted by Gasteiger charge is 2.14. The van der Waals surface area contributed by atoms with E-state index < -0.39 is 0 Å². The molecule has 0 amide bonds. The fraction of sp³-hybridized carbons (Fsp3) is 0.462. The summed E-state index contributed by atoms with van der Waals surface area (Å²) in [4.78, 5) is 0. The lowest BCUT2D eigenvalue weighted by Crippen LogP contribution is -2.19. The van der Waals surface area contributed by atoms with E-state index in [1.165, 1.54) is 6.42 Å². The molecule has 0 radical (unpaired) electrons. The van der Waals surface area contributed by atoms with Crippen molar-refractivity contribution in [3.63, 3.8) is 0 Å². The summed E-state index contributed by atoms with van der Waals surface area (Å²) in [7, 11) is 0. The predicted molar refractivity (Wildman–Crippen MR) is 67.2 cm³/mol. The third-order valence-electron chi connectivity index (χ3n) is 3.26. The van der Waals surface area contributed by atoms with Gasteiger partial charge in [-0.05, 0) is 44.5 Å². The number of ether oxygens (including phenoxy) is 1. The van der Waals surface area contributed by atoms with Crippen LogP contribution in [0.4, 0.5) is 0 Å². The first-order valence-electron chi connectivity index (χ1n) is 6.23. The van der Waals surface area contributed by atoms with Crippen molar-refractivity contribution in [3.05, 3.63) is 24.4 Å². The van der Waals surface area contributed by atoms with Gasteiger partial charge >= 0.3 is 0 Å². The van der Waals surface area contributed by atoms with Crippen LogP contribution < -0.4 is 10.1 Å². The van der Waals surface area contributed by atoms with Crippen LogP contribution in [0.1, 0.15) is 19.3 Å². The second kappa shape index (κ2) is 4.75. The number of hydrogen-bond donors (Lipinski definition) is 2. The first-order valence-corrected chi connectivity index (χ1v) is 6.23. The summed E-state index contributed by atoms with van der Waals surface area (Å²) >= 11 is 0. The second-order valence-electron chi connectivity index (χ2n) is 4.51. The normalized spacial score (nSPS) is 21.3. The summed E-state index contributed by atoms with van der Waals surface area (Å²) < 4.78 is 6.11. The number of hydrogen-bond acceptors (Lipinski definition) is 3. The summed E-state index contributed by atoms with van der Waals surface area (Å²) in [5.41, 5.74) is 1.04. The summed E-state index contributed by atoms with van der Waals surface area (Å²) in [6, 6.07) is 6.05. The Bertz CT molecular complexity index is 486. The number of aromatic amines is 1. The number of nitrogens with one attached hydrogen (secondary N) is 2. The Morgan fingerprint density at radius 3 is 3.24 bits per heavy atom. The third kappa shape index (κ3) is 2.26. The maximum Gasteiger partial charge on any atom is 0.130 e. The minimum absolute atomic E-state index is 0.325. The monoisotopic (exact) mass is 231 g/mol. The molecule has 1 aliphatic heterocycles. The van der Waals surface area contributed by atoms with Crippen LogP contribution in [-0.2, 0) is 0 Å². The first-order chi connectivity index (χ1) is 8.43. The molecule has 17 heavy (non-hydrogen) atoms. The van der Waals surface area contributed by atoms with Gasteiger partial charge in [-0.25, -0.2) is 0 Å². The van der Waals surface area contributed by atoms with E-state index in [0.29, 0.717) is 6.10 Å². The smallest absolute Gasteiger partial charge is 0.130 e. The highest BCUT2D eigenvalue weighted by atomic mass is 16.5. The maximum absolute atomic E-state index is 6.11. The Kier molecular flexibility index (Phi) is 2.96. The Morgan fingerprint density at radius 2 is 2.24 bits per heavy atom. The molecule has 1 fully saturated rings. The molecule has 1 aromatic carbocycles. The second-order valence-corrected chi connectivity index (χ2v) is 4.51. The van der Waals surface area contributed by atoms with Crippen LogP contribution in [0.25, 0.3) is 10.9 Å². The molecule has 4 heteroatoms. The summed E-state index contributed by atoms with van der Waals surface area (Å²) in [5, 5.41) is 11.5. The van der Waals surface area contributed by atoms with Crippen molar-refractivity contribution < 1.29 is 4.74 Å². The molecule has 90 valence electrons. The molecule has 2 aromatic rings. The molecule has 0 aliphatic carbocycles. The third-order valence-corrected chi connectivity index (χ3v) is 3.26. The Hall–Kier alpha value is -1.55. The Balaban J connectivity index is 1.81. The SMILES string of the molecule is c1cc(OC2CCCNCC2)c2cn[nH]c2c1. The fourth-order valence-corrected chi connectivity index (χ4v) is 2.33. The molecule has 2 heterocycles. The fourth-order valence-electron chi connectivity index (χ4n) is 2.33. The summed E-state index contributed by atoms with van der Waals surface area (Å²) in [6.45, 7) is 2.15. The predicted octanol–water partition coefficient (Wildman–Crippen LogP) is 2.08. The number of H-pyrrole nitrogens is 1. The van der Waals surface area contributed by atoms with Gasteiger partial charge in [0.25, 0.3) is 0 Å². The number of aromatic nitrogens is 2. The van der Waals surface area contributed by atoms with E-state index in [-0.39, 0.29) is 0 Å². The Morgan fingerprint density at radius 1 is 1.24 bits per heavy atom. The highest BCUT2D eigenvalue weighted by Crippen LogP contribution is 2.26. The van der Waals surface area contributed by atoms with Crippen LogP contribution in [-0.4, -0.2) is 29.4 Å². The van der Waals surface area contributed by atoms with Crippen molar-refractivity contribution in [1.82, 2.24) is 15.5 Å². The molecular weight excluding hydrogens is 214 g/mol. The van der Waals surface area contributed by atoms with Gasteiger partial charge < -0.3 is 10.1 Å². The minimum Gasteiger partial charge on any atom is -0.490 e. The number of nitrogens with zero attached hydrogens (tertiary/aromatic N) is 1. The zero-order valence-corrected chi connectivity index (χ0v) is 9.78. The average Bonchev–Trinajstić information content (AvgIpc) is 2.69. The van der Waals surface area contributed by atoms with E-state index in [1.54, 1.807) is 0 Å². The van der Waals surface area contributed by atoms with Gasteiger partial charge in [-0.3, -0.25) is 5.10 Å². The lowest BCUT2D eigenvalue weighted by Gasteiger charge is -2.17. The number of benzene rings is 1. The zero-order valence-electron chi connectivity index (χ0n) is 9.78.